The van der Waals surface area contributed by atoms with Gasteiger partial charge in [0.2, 0.25) is 0 Å². The molecule has 0 unspecified atom stereocenters. The molecule has 1 N–H and O–H groups in total. The van der Waals surface area contributed by atoms with Crippen LogP contribution < -0.4 is 5.32 Å². The fraction of sp³-hybridized carbons (Fsp3) is 0.222. The predicted octanol–water partition coefficient (Wildman–Crippen LogP) is 4.64. The van der Waals surface area contributed by atoms with Gasteiger partial charge < -0.3 is 10.1 Å². The third-order valence-electron chi connectivity index (χ3n) is 3.70. The van der Waals surface area contributed by atoms with Gasteiger partial charge in [-0.3, -0.25) is 4.79 Å². The Morgan fingerprint density at radius 3 is 2.37 bits per heavy atom. The van der Waals surface area contributed by atoms with Crippen molar-refractivity contribution in [1.82, 2.24) is 5.32 Å². The second-order valence-corrected chi connectivity index (χ2v) is 6.85. The van der Waals surface area contributed by atoms with E-state index in [0.717, 1.165) is 24.3 Å². The van der Waals surface area contributed by atoms with Crippen molar-refractivity contribution in [3.63, 3.8) is 0 Å². The number of hydrogen-bond acceptors (Lipinski definition) is 3. The molecule has 0 spiro atoms. The number of esters is 1. The Morgan fingerprint density at radius 2 is 1.81 bits per heavy atom. The number of hydrogen-bond donors (Lipinski definition) is 1. The van der Waals surface area contributed by atoms with Gasteiger partial charge in [-0.05, 0) is 48.0 Å². The second-order valence-electron chi connectivity index (χ2n) is 5.56. The molecule has 27 heavy (non-hydrogen) atoms. The van der Waals surface area contributed by atoms with Crippen molar-refractivity contribution in [2.45, 2.75) is 18.6 Å². The molecule has 1 amide bonds. The van der Waals surface area contributed by atoms with Crippen LogP contribution in [0, 0.1) is 0 Å². The van der Waals surface area contributed by atoms with Crippen molar-refractivity contribution in [3.05, 3.63) is 68.7 Å². The highest BCUT2D eigenvalue weighted by Crippen LogP contribution is 2.29. The Hall–Kier alpha value is -2.06. The zero-order chi connectivity index (χ0) is 20.2. The zero-order valence-electron chi connectivity index (χ0n) is 13.9. The number of amides is 1. The average Bonchev–Trinajstić information content (AvgIpc) is 2.62. The van der Waals surface area contributed by atoms with Crippen molar-refractivity contribution < 1.29 is 27.5 Å². The molecular weight excluding hydrogens is 451 g/mol. The molecule has 0 saturated carbocycles. The maximum absolute atomic E-state index is 12.6. The minimum Gasteiger partial charge on any atom is -0.467 e. The molecule has 0 fully saturated rings. The van der Waals surface area contributed by atoms with Gasteiger partial charge in [-0.1, -0.05) is 27.5 Å². The highest BCUT2D eigenvalue weighted by atomic mass is 79.9. The number of ether oxygens (including phenoxy) is 1. The second kappa shape index (κ2) is 8.75. The zero-order valence-corrected chi connectivity index (χ0v) is 16.3. The molecular formula is C18H14BrClF3NO3. The van der Waals surface area contributed by atoms with Crippen LogP contribution in [0.1, 0.15) is 21.5 Å². The molecule has 0 aromatic heterocycles. The van der Waals surface area contributed by atoms with Crippen LogP contribution in [0.15, 0.2) is 46.9 Å². The van der Waals surface area contributed by atoms with E-state index in [-0.39, 0.29) is 12.0 Å². The maximum Gasteiger partial charge on any atom is 0.416 e. The number of rotatable bonds is 5. The number of benzene rings is 2. The Balaban J connectivity index is 2.19. The minimum absolute atomic E-state index is 0.0120. The molecule has 4 nitrogen and oxygen atoms in total. The lowest BCUT2D eigenvalue weighted by atomic mass is 10.0. The number of carbonyl (C=O) groups excluding carboxylic acids is 2. The van der Waals surface area contributed by atoms with Gasteiger partial charge in [-0.2, -0.15) is 13.2 Å². The number of alkyl halides is 3. The van der Waals surface area contributed by atoms with E-state index in [0.29, 0.717) is 15.1 Å². The van der Waals surface area contributed by atoms with E-state index in [4.69, 9.17) is 16.3 Å². The number of nitrogens with one attached hydrogen (secondary N) is 1. The first-order chi connectivity index (χ1) is 12.6. The summed E-state index contributed by atoms with van der Waals surface area (Å²) in [6.45, 7) is 0. The van der Waals surface area contributed by atoms with Gasteiger partial charge in [0.25, 0.3) is 5.91 Å². The summed E-state index contributed by atoms with van der Waals surface area (Å²) in [6.07, 6.45) is -4.41. The van der Waals surface area contributed by atoms with Gasteiger partial charge in [0.1, 0.15) is 6.04 Å². The lowest BCUT2D eigenvalue weighted by molar-refractivity contribution is -0.142. The van der Waals surface area contributed by atoms with Gasteiger partial charge >= 0.3 is 12.1 Å². The van der Waals surface area contributed by atoms with Crippen molar-refractivity contribution in [2.75, 3.05) is 7.11 Å². The number of methoxy groups -OCH3 is 1. The van der Waals surface area contributed by atoms with Gasteiger partial charge in [0.05, 0.1) is 12.7 Å². The van der Waals surface area contributed by atoms with Crippen LogP contribution in [0.2, 0.25) is 5.02 Å². The van der Waals surface area contributed by atoms with Crippen LogP contribution in [0.3, 0.4) is 0 Å². The lowest BCUT2D eigenvalue weighted by Crippen LogP contribution is -2.43. The molecule has 1 atom stereocenters. The summed E-state index contributed by atoms with van der Waals surface area (Å²) < 4.78 is 43.2. The molecule has 0 saturated heterocycles. The summed E-state index contributed by atoms with van der Waals surface area (Å²) >= 11 is 9.29. The maximum atomic E-state index is 12.6. The molecule has 9 heteroatoms. The SMILES string of the molecule is COC(=O)[C@@H](Cc1cc(Cl)ccc1Br)NC(=O)c1ccc(C(F)(F)F)cc1. The smallest absolute Gasteiger partial charge is 0.416 e. The largest absolute Gasteiger partial charge is 0.467 e. The standard InChI is InChI=1S/C18H14BrClF3NO3/c1-27-17(26)15(9-11-8-13(20)6-7-14(11)19)24-16(25)10-2-4-12(5-3-10)18(21,22)23/h2-8,15H,9H2,1H3,(H,24,25)/t15-/m1/s1. The fourth-order valence-electron chi connectivity index (χ4n) is 2.31. The Bertz CT molecular complexity index is 841. The van der Waals surface area contributed by atoms with Crippen LogP contribution in [0.4, 0.5) is 13.2 Å². The molecule has 0 aliphatic rings. The van der Waals surface area contributed by atoms with Gasteiger partial charge in [0, 0.05) is 21.5 Å². The summed E-state index contributed by atoms with van der Waals surface area (Å²) in [5.41, 5.74) is -0.223. The first-order valence-electron chi connectivity index (χ1n) is 7.61. The monoisotopic (exact) mass is 463 g/mol. The highest BCUT2D eigenvalue weighted by molar-refractivity contribution is 9.10. The number of halogens is 5. The van der Waals surface area contributed by atoms with E-state index in [1.165, 1.54) is 7.11 Å². The van der Waals surface area contributed by atoms with Crippen molar-refractivity contribution in [1.29, 1.82) is 0 Å². The molecule has 0 radical (unpaired) electrons. The highest BCUT2D eigenvalue weighted by Gasteiger charge is 2.30. The number of carbonyl (C=O) groups is 2. The molecule has 2 aromatic carbocycles. The molecule has 2 aromatic rings. The topological polar surface area (TPSA) is 55.4 Å². The van der Waals surface area contributed by atoms with E-state index in [1.54, 1.807) is 18.2 Å². The van der Waals surface area contributed by atoms with Gasteiger partial charge in [0.15, 0.2) is 0 Å². The van der Waals surface area contributed by atoms with Crippen molar-refractivity contribution in [2.24, 2.45) is 0 Å². The van der Waals surface area contributed by atoms with Crippen LogP contribution >= 0.6 is 27.5 Å². The Morgan fingerprint density at radius 1 is 1.19 bits per heavy atom. The minimum atomic E-state index is -4.50. The quantitative estimate of drug-likeness (QED) is 0.656. The molecule has 0 aliphatic carbocycles. The average molecular weight is 465 g/mol. The van der Waals surface area contributed by atoms with E-state index in [1.807, 2.05) is 0 Å². The molecule has 2 rings (SSSR count). The van der Waals surface area contributed by atoms with Crippen molar-refractivity contribution >= 4 is 39.4 Å². The summed E-state index contributed by atoms with van der Waals surface area (Å²) in [4.78, 5) is 24.4. The molecule has 0 bridgehead atoms. The Kier molecular flexibility index (Phi) is 6.89. The van der Waals surface area contributed by atoms with E-state index >= 15 is 0 Å². The first-order valence-corrected chi connectivity index (χ1v) is 8.79. The summed E-state index contributed by atoms with van der Waals surface area (Å²) in [6, 6.07) is 7.63. The van der Waals surface area contributed by atoms with Crippen LogP contribution in [-0.2, 0) is 22.1 Å². The molecule has 144 valence electrons. The van der Waals surface area contributed by atoms with Crippen molar-refractivity contribution in [3.8, 4) is 0 Å². The molecule has 0 heterocycles. The lowest BCUT2D eigenvalue weighted by Gasteiger charge is -2.18. The van der Waals surface area contributed by atoms with E-state index in [9.17, 15) is 22.8 Å². The normalized spacial score (nSPS) is 12.4. The van der Waals surface area contributed by atoms with Gasteiger partial charge in [-0.15, -0.1) is 0 Å². The summed E-state index contributed by atoms with van der Waals surface area (Å²) in [5, 5.41) is 2.93. The van der Waals surface area contributed by atoms with E-state index in [2.05, 4.69) is 21.2 Å². The summed E-state index contributed by atoms with van der Waals surface area (Å²) in [5.74, 6) is -1.39. The summed E-state index contributed by atoms with van der Waals surface area (Å²) in [7, 11) is 1.17. The first kappa shape index (κ1) is 21.2. The van der Waals surface area contributed by atoms with Gasteiger partial charge in [-0.25, -0.2) is 4.79 Å². The van der Waals surface area contributed by atoms with Crippen LogP contribution in [0.25, 0.3) is 0 Å². The Labute approximate surface area is 166 Å². The van der Waals surface area contributed by atoms with E-state index < -0.39 is 29.7 Å². The predicted molar refractivity (Wildman–Crippen MR) is 97.6 cm³/mol. The van der Waals surface area contributed by atoms with Crippen LogP contribution in [-0.4, -0.2) is 25.0 Å². The molecule has 0 aliphatic heterocycles. The van der Waals surface area contributed by atoms with Crippen LogP contribution in [0.5, 0.6) is 0 Å². The third kappa shape index (κ3) is 5.71. The third-order valence-corrected chi connectivity index (χ3v) is 4.71. The fourth-order valence-corrected chi connectivity index (χ4v) is 2.91.